The van der Waals surface area contributed by atoms with Gasteiger partial charge in [0.2, 0.25) is 35.8 Å². The van der Waals surface area contributed by atoms with E-state index in [0.29, 0.717) is 43.8 Å². The molecule has 4 heterocycles. The molecule has 3 aromatic carbocycles. The number of fused-ring (bicyclic) bond motifs is 1. The van der Waals surface area contributed by atoms with Gasteiger partial charge in [-0.15, -0.1) is 11.3 Å². The summed E-state index contributed by atoms with van der Waals surface area (Å²) in [6, 6.07) is 26.5. The fraction of sp³-hybridized carbons (Fsp3) is 0.435. The maximum absolute atomic E-state index is 14.7. The number of thiazole rings is 1. The second kappa shape index (κ2) is 28.5. The third kappa shape index (κ3) is 15.8. The summed E-state index contributed by atoms with van der Waals surface area (Å²) in [7, 11) is 0. The zero-order chi connectivity index (χ0) is 62.8. The van der Waals surface area contributed by atoms with Crippen LogP contribution in [0, 0.1) is 35.5 Å². The number of nitrogens with one attached hydrogen (secondary N) is 5. The van der Waals surface area contributed by atoms with Crippen molar-refractivity contribution in [3.63, 3.8) is 0 Å². The Kier molecular flexibility index (Phi) is 20.4. The highest BCUT2D eigenvalue weighted by Crippen LogP contribution is 2.45. The third-order valence-electron chi connectivity index (χ3n) is 17.1. The van der Waals surface area contributed by atoms with Gasteiger partial charge in [-0.25, -0.2) is 13.9 Å². The molecule has 7 N–H and O–H groups in total. The second-order valence-electron chi connectivity index (χ2n) is 24.9. The van der Waals surface area contributed by atoms with E-state index in [4.69, 9.17) is 9.73 Å². The van der Waals surface area contributed by atoms with Crippen LogP contribution in [0.4, 0.5) is 10.2 Å². The molecule has 4 atom stereocenters. The van der Waals surface area contributed by atoms with E-state index in [0.717, 1.165) is 93.1 Å². The molecule has 5 aliphatic rings. The average molecular weight is 1230 g/mol. The zero-order valence-electron chi connectivity index (χ0n) is 51.0. The largest absolute Gasteiger partial charge is 0.393 e. The number of unbranched alkanes of at least 4 members (excludes halogenated alkanes) is 2. The maximum Gasteiger partial charge on any atom is 0.271 e. The Bertz CT molecular complexity index is 3640. The standard InChI is InChI=1S/C69H79FN10O8S/c1-44-61(89-43-76-44)50-25-26-51(37-74-65(85)54-36-53(82)40-79(54)66(86)62(68(2,3)4)77-67(87)69(70)30-31-69)55(35-50)88-41-57(84)73-33-29-56(83)72-32-14-6-5-9-16-45-17-15-18-47(34-45)39-80-60(49-21-12-8-13-22-49)58(48-19-10-7-11-20-48)59-63(71)78(42-75-64(59)80)38-46-23-27-52(81)28-24-46/h7-8,10-13,15,17-22,25-26,34,38,42-43,46,52-55,62,71,81-82H,5-6,14,23-24,27-33,35-37,39-41H2,1-4H3,(H3-,72,73,74,77,83,84,85,87)/p+1/t46?,52?,53-,54?,55?,62-/m1/s1. The van der Waals surface area contributed by atoms with Crippen LogP contribution in [0.15, 0.2) is 113 Å². The summed E-state index contributed by atoms with van der Waals surface area (Å²) in [5.74, 6) is 5.40. The number of aliphatic imine (C=N–C) groups is 1. The molecule has 20 heteroatoms. The van der Waals surface area contributed by atoms with Crippen molar-refractivity contribution in [2.24, 2.45) is 16.3 Å². The van der Waals surface area contributed by atoms with Crippen molar-refractivity contribution in [2.45, 2.75) is 147 Å². The van der Waals surface area contributed by atoms with Gasteiger partial charge in [-0.05, 0) is 104 Å². The lowest BCUT2D eigenvalue weighted by atomic mass is 9.85. The molecule has 10 rings (SSSR count). The highest BCUT2D eigenvalue weighted by Gasteiger charge is 2.53. The van der Waals surface area contributed by atoms with E-state index in [1.807, 2.05) is 72.2 Å². The van der Waals surface area contributed by atoms with Gasteiger partial charge in [0, 0.05) is 68.9 Å². The number of hydrogen-bond acceptors (Lipinski definition) is 12. The van der Waals surface area contributed by atoms with Gasteiger partial charge >= 0.3 is 0 Å². The van der Waals surface area contributed by atoms with Crippen molar-refractivity contribution in [1.82, 2.24) is 35.7 Å². The van der Waals surface area contributed by atoms with Crippen molar-refractivity contribution in [1.29, 1.82) is 5.41 Å². The molecule has 89 heavy (non-hydrogen) atoms. The van der Waals surface area contributed by atoms with E-state index in [1.54, 1.807) is 32.6 Å². The smallest absolute Gasteiger partial charge is 0.271 e. The van der Waals surface area contributed by atoms with Gasteiger partial charge in [0.05, 0.1) is 52.8 Å². The molecular weight excluding hydrogens is 1150 g/mol. The van der Waals surface area contributed by atoms with Crippen molar-refractivity contribution < 1.29 is 47.9 Å². The average Bonchev–Trinajstić information content (AvgIpc) is 1.61. The number of alkyl halides is 1. The van der Waals surface area contributed by atoms with Gasteiger partial charge in [0.15, 0.2) is 5.67 Å². The number of nitrogens with zero attached hydrogens (tertiary/aromatic N) is 5. The summed E-state index contributed by atoms with van der Waals surface area (Å²) < 4.78 is 25.0. The third-order valence-corrected chi connectivity index (χ3v) is 18.1. The molecular formula is C69H80FN10O8S+. The summed E-state index contributed by atoms with van der Waals surface area (Å²) in [5.41, 5.74) is 8.02. The van der Waals surface area contributed by atoms with E-state index in [1.165, 1.54) is 16.2 Å². The van der Waals surface area contributed by atoms with Crippen LogP contribution in [0.3, 0.4) is 0 Å². The van der Waals surface area contributed by atoms with Crippen LogP contribution in [-0.4, -0.2) is 146 Å². The Morgan fingerprint density at radius 2 is 1.63 bits per heavy atom. The number of aromatic nitrogens is 2. The number of aryl methyl sites for hydroxylation is 1. The lowest BCUT2D eigenvalue weighted by Gasteiger charge is -2.35. The summed E-state index contributed by atoms with van der Waals surface area (Å²) >= 11 is 1.48. The summed E-state index contributed by atoms with van der Waals surface area (Å²) in [4.78, 5) is 78.3. The molecule has 2 aromatic heterocycles. The van der Waals surface area contributed by atoms with Gasteiger partial charge in [0.25, 0.3) is 11.7 Å². The molecule has 2 aliphatic heterocycles. The Morgan fingerprint density at radius 1 is 0.899 bits per heavy atom. The zero-order valence-corrected chi connectivity index (χ0v) is 51.8. The molecule has 18 nitrogen and oxygen atoms in total. The molecule has 2 saturated carbocycles. The molecule has 0 spiro atoms. The highest BCUT2D eigenvalue weighted by atomic mass is 32.1. The Labute approximate surface area is 523 Å². The van der Waals surface area contributed by atoms with Crippen LogP contribution in [0.2, 0.25) is 0 Å². The first-order valence-corrected chi connectivity index (χ1v) is 31.8. The number of benzene rings is 3. The number of amides is 5. The number of halogens is 1. The molecule has 3 aliphatic carbocycles. The van der Waals surface area contributed by atoms with Gasteiger partial charge in [-0.3, -0.25) is 24.0 Å². The molecule has 466 valence electrons. The SMILES string of the molecule is Cc1ncsc1C1=CC=C(CNC(=O)C2C[C@@H](O)CN2C(=O)[C@@H](NC(=O)C2(F)CC2)C(C)(C)C)C(OCC(=O)NCCC(=O)NCCCCC#Cc2cccc(Cn3c4c(c(-c5ccccc5)c3-c3ccccc3)C(=N)[N+](=CC3CCC(O)CC3)C=N4)c2)C1. The fourth-order valence-electron chi connectivity index (χ4n) is 11.9. The van der Waals surface area contributed by atoms with Gasteiger partial charge in [0.1, 0.15) is 24.3 Å². The van der Waals surface area contributed by atoms with Crippen molar-refractivity contribution in [3.05, 3.63) is 135 Å². The Morgan fingerprint density at radius 3 is 2.34 bits per heavy atom. The monoisotopic (exact) mass is 1230 g/mol. The van der Waals surface area contributed by atoms with Crippen molar-refractivity contribution >= 4 is 70.7 Å². The number of aliphatic hydroxyl groups is 2. The number of β-amino-alcohol motifs (C(OH)–C–C–N with tert-alkyl or cyclic N) is 1. The molecule has 0 radical (unpaired) electrons. The van der Waals surface area contributed by atoms with Crippen LogP contribution in [0.25, 0.3) is 28.0 Å². The lowest BCUT2D eigenvalue weighted by Crippen LogP contribution is -2.59. The fourth-order valence-corrected chi connectivity index (χ4v) is 12.8. The number of likely N-dealkylation sites (tertiary alicyclic amines) is 1. The molecule has 5 amide bonds. The number of ether oxygens (including phenoxy) is 1. The van der Waals surface area contributed by atoms with Crippen LogP contribution >= 0.6 is 11.3 Å². The minimum atomic E-state index is -2.00. The van der Waals surface area contributed by atoms with Crippen molar-refractivity contribution in [2.75, 3.05) is 32.8 Å². The van der Waals surface area contributed by atoms with E-state index in [9.17, 15) is 44.0 Å². The second-order valence-corrected chi connectivity index (χ2v) is 25.8. The Hall–Kier alpha value is -8.22. The minimum Gasteiger partial charge on any atom is -0.393 e. The number of carbonyl (C=O) groups is 5. The summed E-state index contributed by atoms with van der Waals surface area (Å²) in [5, 5.41) is 41.7. The van der Waals surface area contributed by atoms with Gasteiger partial charge in [-0.1, -0.05) is 123 Å². The van der Waals surface area contributed by atoms with E-state index in [2.05, 4.69) is 85.3 Å². The summed E-state index contributed by atoms with van der Waals surface area (Å²) in [6.45, 7) is 7.75. The molecule has 5 aromatic rings. The molecule has 2 unspecified atom stereocenters. The lowest BCUT2D eigenvalue weighted by molar-refractivity contribution is -0.256. The first kappa shape index (κ1) is 63.8. The molecule has 3 fully saturated rings. The van der Waals surface area contributed by atoms with E-state index in [-0.39, 0.29) is 69.9 Å². The maximum atomic E-state index is 14.7. The van der Waals surface area contributed by atoms with Crippen LogP contribution < -0.4 is 21.3 Å². The number of amidine groups is 1. The predicted molar refractivity (Wildman–Crippen MR) is 342 cm³/mol. The van der Waals surface area contributed by atoms with Crippen LogP contribution in [0.1, 0.15) is 125 Å². The number of hydrogen-bond donors (Lipinski definition) is 7. The first-order chi connectivity index (χ1) is 42.8. The van der Waals surface area contributed by atoms with E-state index >= 15 is 0 Å². The number of rotatable bonds is 22. The van der Waals surface area contributed by atoms with Crippen LogP contribution in [-0.2, 0) is 35.3 Å². The molecule has 1 saturated heterocycles. The summed E-state index contributed by atoms with van der Waals surface area (Å²) in [6.07, 6.45) is 11.7. The van der Waals surface area contributed by atoms with E-state index < -0.39 is 59.0 Å². The Balaban J connectivity index is 0.690. The molecule has 0 bridgehead atoms. The van der Waals surface area contributed by atoms with Crippen molar-refractivity contribution in [3.8, 4) is 34.2 Å². The number of carbonyl (C=O) groups excluding carboxylic acids is 5. The minimum absolute atomic E-state index is 0.0130. The number of allylic oxidation sites excluding steroid dienone is 2. The van der Waals surface area contributed by atoms with Crippen LogP contribution in [0.5, 0.6) is 0 Å². The van der Waals surface area contributed by atoms with Gasteiger partial charge < -0.3 is 45.7 Å². The first-order valence-electron chi connectivity index (χ1n) is 30.9. The quantitative estimate of drug-likeness (QED) is 0.0200. The highest BCUT2D eigenvalue weighted by molar-refractivity contribution is 7.10. The van der Waals surface area contributed by atoms with Gasteiger partial charge in [-0.2, -0.15) is 5.41 Å². The normalized spacial score (nSPS) is 21.0. The predicted octanol–water partition coefficient (Wildman–Crippen LogP) is 8.32. The topological polar surface area (TPSA) is 243 Å². The number of aliphatic hydroxyl groups excluding tert-OH is 2.